The van der Waals surface area contributed by atoms with Crippen LogP contribution in [0.2, 0.25) is 0 Å². The molecule has 4 nitrogen and oxygen atoms in total. The summed E-state index contributed by atoms with van der Waals surface area (Å²) in [5, 5.41) is 19.1. The van der Waals surface area contributed by atoms with Gasteiger partial charge in [-0.3, -0.25) is 0 Å². The van der Waals surface area contributed by atoms with Crippen molar-refractivity contribution in [3.8, 4) is 11.5 Å². The van der Waals surface area contributed by atoms with Crippen LogP contribution in [0.1, 0.15) is 18.6 Å². The average Bonchev–Trinajstić information content (AvgIpc) is 2.17. The number of hydrogen-bond donors (Lipinski definition) is 3. The Hall–Kier alpha value is -1.26. The van der Waals surface area contributed by atoms with Gasteiger partial charge in [-0.25, -0.2) is 0 Å². The third-order valence-electron chi connectivity index (χ3n) is 2.05. The standard InChI is InChI=1S/C10H15NO3/c1-6(11)10(13)8-5-7(14-2)3-4-9(8)12/h3-6,10,12-13H,11H2,1-2H3/t6-,10-/m1/s1. The fourth-order valence-electron chi connectivity index (χ4n) is 1.18. The molecule has 0 saturated carbocycles. The summed E-state index contributed by atoms with van der Waals surface area (Å²) in [5.74, 6) is 0.605. The summed E-state index contributed by atoms with van der Waals surface area (Å²) < 4.78 is 4.98. The van der Waals surface area contributed by atoms with Gasteiger partial charge in [0.2, 0.25) is 0 Å². The van der Waals surface area contributed by atoms with Gasteiger partial charge < -0.3 is 20.7 Å². The van der Waals surface area contributed by atoms with Gasteiger partial charge in [-0.15, -0.1) is 0 Å². The topological polar surface area (TPSA) is 75.7 Å². The molecule has 78 valence electrons. The van der Waals surface area contributed by atoms with Crippen LogP contribution in [0.3, 0.4) is 0 Å². The van der Waals surface area contributed by atoms with Gasteiger partial charge in [0, 0.05) is 11.6 Å². The Morgan fingerprint density at radius 1 is 1.43 bits per heavy atom. The highest BCUT2D eigenvalue weighted by molar-refractivity contribution is 5.41. The van der Waals surface area contributed by atoms with E-state index in [1.165, 1.54) is 13.2 Å². The van der Waals surface area contributed by atoms with Crippen LogP contribution in [-0.2, 0) is 0 Å². The number of phenolic OH excluding ortho intramolecular Hbond substituents is 1. The molecule has 0 saturated heterocycles. The number of methoxy groups -OCH3 is 1. The number of benzene rings is 1. The van der Waals surface area contributed by atoms with E-state index in [2.05, 4.69) is 0 Å². The largest absolute Gasteiger partial charge is 0.508 e. The number of hydrogen-bond acceptors (Lipinski definition) is 4. The minimum Gasteiger partial charge on any atom is -0.508 e. The normalized spacial score (nSPS) is 14.9. The molecular weight excluding hydrogens is 182 g/mol. The molecule has 4 N–H and O–H groups in total. The Morgan fingerprint density at radius 2 is 2.07 bits per heavy atom. The lowest BCUT2D eigenvalue weighted by molar-refractivity contribution is 0.149. The number of phenols is 1. The van der Waals surface area contributed by atoms with Crippen molar-refractivity contribution in [3.05, 3.63) is 23.8 Å². The molecule has 1 rings (SSSR count). The fraction of sp³-hybridized carbons (Fsp3) is 0.400. The van der Waals surface area contributed by atoms with Gasteiger partial charge >= 0.3 is 0 Å². The molecule has 0 aliphatic heterocycles. The zero-order valence-electron chi connectivity index (χ0n) is 8.27. The van der Waals surface area contributed by atoms with Crippen molar-refractivity contribution in [2.24, 2.45) is 5.73 Å². The van der Waals surface area contributed by atoms with Gasteiger partial charge in [-0.1, -0.05) is 0 Å². The maximum Gasteiger partial charge on any atom is 0.121 e. The molecule has 0 unspecified atom stereocenters. The number of aliphatic hydroxyl groups is 1. The first-order chi connectivity index (χ1) is 6.56. The van der Waals surface area contributed by atoms with Crippen LogP contribution in [0.4, 0.5) is 0 Å². The zero-order valence-corrected chi connectivity index (χ0v) is 8.27. The molecule has 0 amide bonds. The maximum absolute atomic E-state index is 9.66. The van der Waals surface area contributed by atoms with Crippen molar-refractivity contribution in [3.63, 3.8) is 0 Å². The number of rotatable bonds is 3. The molecule has 0 fully saturated rings. The molecular formula is C10H15NO3. The van der Waals surface area contributed by atoms with E-state index in [4.69, 9.17) is 10.5 Å². The summed E-state index contributed by atoms with van der Waals surface area (Å²) in [5.41, 5.74) is 5.91. The van der Waals surface area contributed by atoms with Crippen LogP contribution in [0.15, 0.2) is 18.2 Å². The van der Waals surface area contributed by atoms with E-state index in [-0.39, 0.29) is 5.75 Å². The number of nitrogens with two attached hydrogens (primary N) is 1. The smallest absolute Gasteiger partial charge is 0.121 e. The van der Waals surface area contributed by atoms with Crippen LogP contribution in [-0.4, -0.2) is 23.4 Å². The Balaban J connectivity index is 3.05. The molecule has 1 aromatic carbocycles. The van der Waals surface area contributed by atoms with Crippen LogP contribution < -0.4 is 10.5 Å². The molecule has 0 heterocycles. The first kappa shape index (κ1) is 10.8. The van der Waals surface area contributed by atoms with Crippen LogP contribution in [0.25, 0.3) is 0 Å². The van der Waals surface area contributed by atoms with Crippen molar-refractivity contribution in [2.75, 3.05) is 7.11 Å². The van der Waals surface area contributed by atoms with Crippen molar-refractivity contribution < 1.29 is 14.9 Å². The van der Waals surface area contributed by atoms with E-state index >= 15 is 0 Å². The molecule has 0 radical (unpaired) electrons. The molecule has 4 heteroatoms. The van der Waals surface area contributed by atoms with Gasteiger partial charge in [-0.2, -0.15) is 0 Å². The SMILES string of the molecule is COc1ccc(O)c([C@H](O)[C@@H](C)N)c1. The van der Waals surface area contributed by atoms with Gasteiger partial charge in [-0.05, 0) is 25.1 Å². The monoisotopic (exact) mass is 197 g/mol. The molecule has 1 aromatic rings. The second-order valence-electron chi connectivity index (χ2n) is 3.23. The van der Waals surface area contributed by atoms with Crippen molar-refractivity contribution in [1.29, 1.82) is 0 Å². The van der Waals surface area contributed by atoms with E-state index in [1.54, 1.807) is 19.1 Å². The Bertz CT molecular complexity index is 312. The predicted octanol–water partition coefficient (Wildman–Crippen LogP) is 0.781. The van der Waals surface area contributed by atoms with Crippen LogP contribution >= 0.6 is 0 Å². The molecule has 0 aliphatic carbocycles. The van der Waals surface area contributed by atoms with Crippen molar-refractivity contribution in [1.82, 2.24) is 0 Å². The summed E-state index contributed by atoms with van der Waals surface area (Å²) in [6, 6.07) is 4.23. The third kappa shape index (κ3) is 2.16. The van der Waals surface area contributed by atoms with Gasteiger partial charge in [0.05, 0.1) is 13.2 Å². The lowest BCUT2D eigenvalue weighted by atomic mass is 10.0. The lowest BCUT2D eigenvalue weighted by Crippen LogP contribution is -2.24. The molecule has 0 spiro atoms. The Kier molecular flexibility index (Phi) is 3.33. The Morgan fingerprint density at radius 3 is 2.57 bits per heavy atom. The summed E-state index contributed by atoms with van der Waals surface area (Å²) in [6.07, 6.45) is -0.884. The predicted molar refractivity (Wildman–Crippen MR) is 53.3 cm³/mol. The molecule has 0 bridgehead atoms. The highest BCUT2D eigenvalue weighted by atomic mass is 16.5. The minimum absolute atomic E-state index is 0.0237. The third-order valence-corrected chi connectivity index (χ3v) is 2.05. The first-order valence-corrected chi connectivity index (χ1v) is 4.36. The van der Waals surface area contributed by atoms with E-state index < -0.39 is 12.1 Å². The Labute approximate surface area is 82.9 Å². The van der Waals surface area contributed by atoms with Gasteiger partial charge in [0.15, 0.2) is 0 Å². The van der Waals surface area contributed by atoms with Gasteiger partial charge in [0.25, 0.3) is 0 Å². The van der Waals surface area contributed by atoms with Crippen molar-refractivity contribution >= 4 is 0 Å². The maximum atomic E-state index is 9.66. The second kappa shape index (κ2) is 4.30. The molecule has 0 aliphatic rings. The summed E-state index contributed by atoms with van der Waals surface area (Å²) >= 11 is 0. The van der Waals surface area contributed by atoms with E-state index in [0.717, 1.165) is 0 Å². The molecule has 14 heavy (non-hydrogen) atoms. The summed E-state index contributed by atoms with van der Waals surface area (Å²) in [7, 11) is 1.52. The van der Waals surface area contributed by atoms with E-state index in [0.29, 0.717) is 11.3 Å². The van der Waals surface area contributed by atoms with Gasteiger partial charge in [0.1, 0.15) is 11.5 Å². The average molecular weight is 197 g/mol. The van der Waals surface area contributed by atoms with Crippen molar-refractivity contribution in [2.45, 2.75) is 19.1 Å². The first-order valence-electron chi connectivity index (χ1n) is 4.36. The minimum atomic E-state index is -0.884. The lowest BCUT2D eigenvalue weighted by Gasteiger charge is -2.16. The van der Waals surface area contributed by atoms with Crippen LogP contribution in [0, 0.1) is 0 Å². The van der Waals surface area contributed by atoms with E-state index in [1.807, 2.05) is 0 Å². The number of aliphatic hydroxyl groups excluding tert-OH is 1. The summed E-state index contributed by atoms with van der Waals surface area (Å²) in [6.45, 7) is 1.67. The molecule has 2 atom stereocenters. The molecule has 0 aromatic heterocycles. The number of aromatic hydroxyl groups is 1. The fourth-order valence-corrected chi connectivity index (χ4v) is 1.18. The highest BCUT2D eigenvalue weighted by Crippen LogP contribution is 2.29. The number of ether oxygens (including phenoxy) is 1. The quantitative estimate of drug-likeness (QED) is 0.669. The summed E-state index contributed by atoms with van der Waals surface area (Å²) in [4.78, 5) is 0. The van der Waals surface area contributed by atoms with Crippen LogP contribution in [0.5, 0.6) is 11.5 Å². The van der Waals surface area contributed by atoms with E-state index in [9.17, 15) is 10.2 Å². The second-order valence-corrected chi connectivity index (χ2v) is 3.23. The highest BCUT2D eigenvalue weighted by Gasteiger charge is 2.16. The zero-order chi connectivity index (χ0) is 10.7.